The van der Waals surface area contributed by atoms with E-state index in [2.05, 4.69) is 43.6 Å². The van der Waals surface area contributed by atoms with E-state index in [-0.39, 0.29) is 0 Å². The third-order valence-electron chi connectivity index (χ3n) is 4.41. The van der Waals surface area contributed by atoms with Gasteiger partial charge in [-0.25, -0.2) is 0 Å². The quantitative estimate of drug-likeness (QED) is 0.755. The summed E-state index contributed by atoms with van der Waals surface area (Å²) in [5, 5.41) is 6.01. The first-order chi connectivity index (χ1) is 8.66. The van der Waals surface area contributed by atoms with Crippen LogP contribution in [0.1, 0.15) is 63.8 Å². The lowest BCUT2D eigenvalue weighted by Crippen LogP contribution is -2.30. The van der Waals surface area contributed by atoms with Crippen molar-refractivity contribution in [3.63, 3.8) is 0 Å². The largest absolute Gasteiger partial charge is 0.307 e. The molecule has 3 atom stereocenters. The van der Waals surface area contributed by atoms with Gasteiger partial charge in [0.05, 0.1) is 0 Å². The van der Waals surface area contributed by atoms with Crippen LogP contribution in [0.4, 0.5) is 0 Å². The highest BCUT2D eigenvalue weighted by atomic mass is 32.1. The van der Waals surface area contributed by atoms with E-state index in [0.717, 1.165) is 17.9 Å². The van der Waals surface area contributed by atoms with E-state index < -0.39 is 0 Å². The monoisotopic (exact) mass is 265 g/mol. The topological polar surface area (TPSA) is 12.0 Å². The molecular formula is C16H27NS. The molecule has 1 N–H and O–H groups in total. The molecule has 1 heterocycles. The normalized spacial score (nSPS) is 27.1. The second-order valence-electron chi connectivity index (χ2n) is 6.11. The van der Waals surface area contributed by atoms with Crippen LogP contribution in [-0.4, -0.2) is 6.04 Å². The molecule has 1 aromatic heterocycles. The first-order valence-corrected chi connectivity index (χ1v) is 8.34. The first kappa shape index (κ1) is 14.1. The van der Waals surface area contributed by atoms with Crippen molar-refractivity contribution in [1.82, 2.24) is 5.32 Å². The molecule has 2 rings (SSSR count). The lowest BCUT2D eigenvalue weighted by molar-refractivity contribution is 0.335. The highest BCUT2D eigenvalue weighted by molar-refractivity contribution is 7.10. The minimum atomic E-state index is 0.519. The van der Waals surface area contributed by atoms with Crippen LogP contribution in [0.3, 0.4) is 0 Å². The Morgan fingerprint density at radius 1 is 1.17 bits per heavy atom. The smallest absolute Gasteiger partial charge is 0.0388 e. The van der Waals surface area contributed by atoms with Crippen LogP contribution in [0.2, 0.25) is 0 Å². The Hall–Kier alpha value is -0.340. The Kier molecular flexibility index (Phi) is 5.25. The van der Waals surface area contributed by atoms with Crippen molar-refractivity contribution in [2.45, 2.75) is 65.0 Å². The third-order valence-corrected chi connectivity index (χ3v) is 5.47. The molecule has 1 fully saturated rings. The summed E-state index contributed by atoms with van der Waals surface area (Å²) >= 11 is 1.87. The van der Waals surface area contributed by atoms with Gasteiger partial charge in [-0.2, -0.15) is 0 Å². The van der Waals surface area contributed by atoms with Crippen LogP contribution in [0.25, 0.3) is 0 Å². The SMILES string of the molecule is CC(C)C1CCCC(N[C@H](C)c2cccs2)CC1. The van der Waals surface area contributed by atoms with Gasteiger partial charge in [-0.3, -0.25) is 0 Å². The van der Waals surface area contributed by atoms with Gasteiger partial charge in [-0.15, -0.1) is 11.3 Å². The molecule has 102 valence electrons. The Morgan fingerprint density at radius 3 is 2.67 bits per heavy atom. The number of nitrogens with one attached hydrogen (secondary N) is 1. The molecule has 0 aliphatic heterocycles. The highest BCUT2D eigenvalue weighted by Crippen LogP contribution is 2.30. The molecule has 0 aromatic carbocycles. The van der Waals surface area contributed by atoms with Crippen molar-refractivity contribution in [1.29, 1.82) is 0 Å². The Morgan fingerprint density at radius 2 is 2.00 bits per heavy atom. The zero-order valence-electron chi connectivity index (χ0n) is 12.0. The van der Waals surface area contributed by atoms with Crippen LogP contribution in [0.5, 0.6) is 0 Å². The molecule has 1 aliphatic rings. The van der Waals surface area contributed by atoms with Gasteiger partial charge in [0.25, 0.3) is 0 Å². The molecule has 1 nitrogen and oxygen atoms in total. The van der Waals surface area contributed by atoms with Gasteiger partial charge in [0.15, 0.2) is 0 Å². The van der Waals surface area contributed by atoms with Crippen LogP contribution in [0.15, 0.2) is 17.5 Å². The van der Waals surface area contributed by atoms with E-state index in [1.165, 1.54) is 37.0 Å². The average molecular weight is 265 g/mol. The summed E-state index contributed by atoms with van der Waals surface area (Å²) in [5.74, 6) is 1.81. The predicted octanol–water partition coefficient (Wildman–Crippen LogP) is 5.00. The molecule has 0 radical (unpaired) electrons. The number of rotatable bonds is 4. The fraction of sp³-hybridized carbons (Fsp3) is 0.750. The molecule has 2 unspecified atom stereocenters. The number of hydrogen-bond acceptors (Lipinski definition) is 2. The fourth-order valence-corrected chi connectivity index (χ4v) is 3.88. The maximum atomic E-state index is 3.83. The van der Waals surface area contributed by atoms with Gasteiger partial charge in [0.2, 0.25) is 0 Å². The molecule has 2 heteroatoms. The van der Waals surface area contributed by atoms with Crippen molar-refractivity contribution in [3.05, 3.63) is 22.4 Å². The van der Waals surface area contributed by atoms with Gasteiger partial charge in [-0.1, -0.05) is 32.8 Å². The maximum absolute atomic E-state index is 3.83. The van der Waals surface area contributed by atoms with E-state index in [0.29, 0.717) is 6.04 Å². The molecule has 1 aliphatic carbocycles. The Bertz CT molecular complexity index is 331. The lowest BCUT2D eigenvalue weighted by atomic mass is 9.89. The second-order valence-corrected chi connectivity index (χ2v) is 7.09. The van der Waals surface area contributed by atoms with Gasteiger partial charge in [0, 0.05) is 17.0 Å². The number of hydrogen-bond donors (Lipinski definition) is 1. The fourth-order valence-electron chi connectivity index (χ4n) is 3.14. The molecule has 0 saturated heterocycles. The van der Waals surface area contributed by atoms with Crippen LogP contribution in [-0.2, 0) is 0 Å². The summed E-state index contributed by atoms with van der Waals surface area (Å²) in [6.45, 7) is 7.07. The second kappa shape index (κ2) is 6.72. The average Bonchev–Trinajstić information content (AvgIpc) is 2.77. The molecule has 0 spiro atoms. The first-order valence-electron chi connectivity index (χ1n) is 7.46. The van der Waals surface area contributed by atoms with E-state index in [4.69, 9.17) is 0 Å². The molecule has 1 aromatic rings. The molecule has 0 amide bonds. The minimum absolute atomic E-state index is 0.519. The van der Waals surface area contributed by atoms with Gasteiger partial charge in [0.1, 0.15) is 0 Å². The Labute approximate surface area is 116 Å². The minimum Gasteiger partial charge on any atom is -0.307 e. The van der Waals surface area contributed by atoms with E-state index in [1.54, 1.807) is 0 Å². The number of thiophene rings is 1. The van der Waals surface area contributed by atoms with Crippen molar-refractivity contribution >= 4 is 11.3 Å². The third kappa shape index (κ3) is 3.83. The van der Waals surface area contributed by atoms with Crippen molar-refractivity contribution in [2.75, 3.05) is 0 Å². The molecule has 0 bridgehead atoms. The summed E-state index contributed by atoms with van der Waals surface area (Å²) in [5.41, 5.74) is 0. The van der Waals surface area contributed by atoms with Crippen LogP contribution in [0, 0.1) is 11.8 Å². The highest BCUT2D eigenvalue weighted by Gasteiger charge is 2.22. The maximum Gasteiger partial charge on any atom is 0.0388 e. The van der Waals surface area contributed by atoms with Gasteiger partial charge < -0.3 is 5.32 Å². The van der Waals surface area contributed by atoms with Crippen molar-refractivity contribution < 1.29 is 0 Å². The zero-order chi connectivity index (χ0) is 13.0. The molecule has 1 saturated carbocycles. The molecule has 18 heavy (non-hydrogen) atoms. The van der Waals surface area contributed by atoms with Crippen molar-refractivity contribution in [2.24, 2.45) is 11.8 Å². The zero-order valence-corrected chi connectivity index (χ0v) is 12.8. The van der Waals surface area contributed by atoms with E-state index >= 15 is 0 Å². The summed E-state index contributed by atoms with van der Waals surface area (Å²) < 4.78 is 0. The lowest BCUT2D eigenvalue weighted by Gasteiger charge is -2.22. The van der Waals surface area contributed by atoms with E-state index in [1.807, 2.05) is 11.3 Å². The summed E-state index contributed by atoms with van der Waals surface area (Å²) in [6, 6.07) is 5.65. The summed E-state index contributed by atoms with van der Waals surface area (Å²) in [7, 11) is 0. The van der Waals surface area contributed by atoms with Gasteiger partial charge in [-0.05, 0) is 49.5 Å². The summed E-state index contributed by atoms with van der Waals surface area (Å²) in [6.07, 6.45) is 6.96. The van der Waals surface area contributed by atoms with Crippen molar-refractivity contribution in [3.8, 4) is 0 Å². The standard InChI is InChI=1S/C16H27NS/c1-12(2)14-6-4-7-15(10-9-14)17-13(3)16-8-5-11-18-16/h5,8,11-15,17H,4,6-7,9-10H2,1-3H3/t13-,14?,15?/m1/s1. The van der Waals surface area contributed by atoms with Gasteiger partial charge >= 0.3 is 0 Å². The summed E-state index contributed by atoms with van der Waals surface area (Å²) in [4.78, 5) is 1.47. The Balaban J connectivity index is 1.83. The van der Waals surface area contributed by atoms with Crippen LogP contribution < -0.4 is 5.32 Å². The van der Waals surface area contributed by atoms with Crippen LogP contribution >= 0.6 is 11.3 Å². The predicted molar refractivity (Wildman–Crippen MR) is 81.1 cm³/mol. The van der Waals surface area contributed by atoms with E-state index in [9.17, 15) is 0 Å². The molecular weight excluding hydrogens is 238 g/mol.